The van der Waals surface area contributed by atoms with Crippen molar-refractivity contribution >= 4 is 29.2 Å². The van der Waals surface area contributed by atoms with Gasteiger partial charge in [0.1, 0.15) is 0 Å². The van der Waals surface area contributed by atoms with E-state index in [-0.39, 0.29) is 11.5 Å². The summed E-state index contributed by atoms with van der Waals surface area (Å²) in [4.78, 5) is 29.3. The summed E-state index contributed by atoms with van der Waals surface area (Å²) < 4.78 is 21.5. The van der Waals surface area contributed by atoms with Crippen LogP contribution in [-0.2, 0) is 9.53 Å². The van der Waals surface area contributed by atoms with E-state index in [9.17, 15) is 9.59 Å². The molecule has 4 rings (SSSR count). The summed E-state index contributed by atoms with van der Waals surface area (Å²) in [5.74, 6) is -0.339. The normalized spacial score (nSPS) is 14.5. The quantitative estimate of drug-likeness (QED) is 0.513. The Morgan fingerprint density at radius 2 is 1.70 bits per heavy atom. The first kappa shape index (κ1) is 22.5. The molecule has 33 heavy (non-hydrogen) atoms. The van der Waals surface area contributed by atoms with Crippen molar-refractivity contribution in [2.24, 2.45) is 0 Å². The number of methoxy groups -OCH3 is 4. The lowest BCUT2D eigenvalue weighted by molar-refractivity contribution is -0.116. The van der Waals surface area contributed by atoms with Crippen molar-refractivity contribution in [3.05, 3.63) is 57.7 Å². The third-order valence-corrected chi connectivity index (χ3v) is 6.04. The zero-order valence-electron chi connectivity index (χ0n) is 18.8. The minimum atomic E-state index is -0.785. The molecular formula is C24H23ClN2O6. The number of anilines is 1. The Balaban J connectivity index is 2.03. The second kappa shape index (κ2) is 8.71. The number of esters is 1. The molecule has 0 aliphatic carbocycles. The van der Waals surface area contributed by atoms with Gasteiger partial charge in [-0.3, -0.25) is 4.79 Å². The SMILES string of the molecule is COC(=O)c1c(C)[nH]c(-c2cc(OC)c(OC)c(OC)c2)c1[C@@H]1C(=O)Nc2c(Cl)cccc21. The molecule has 2 aromatic carbocycles. The van der Waals surface area contributed by atoms with Gasteiger partial charge in [-0.2, -0.15) is 0 Å². The number of rotatable bonds is 6. The number of H-pyrrole nitrogens is 1. The number of nitrogens with one attached hydrogen (secondary N) is 2. The Hall–Kier alpha value is -3.65. The number of amides is 1. The zero-order valence-corrected chi connectivity index (χ0v) is 19.5. The van der Waals surface area contributed by atoms with Crippen molar-refractivity contribution in [3.8, 4) is 28.5 Å². The number of carbonyl (C=O) groups excluding carboxylic acids is 2. The van der Waals surface area contributed by atoms with E-state index < -0.39 is 11.9 Å². The van der Waals surface area contributed by atoms with Crippen LogP contribution in [0.4, 0.5) is 5.69 Å². The summed E-state index contributed by atoms with van der Waals surface area (Å²) in [7, 11) is 5.86. The maximum atomic E-state index is 13.2. The molecule has 1 aliphatic heterocycles. The van der Waals surface area contributed by atoms with E-state index in [2.05, 4.69) is 10.3 Å². The predicted octanol–water partition coefficient (Wildman–Crippen LogP) is 4.54. The summed E-state index contributed by atoms with van der Waals surface area (Å²) in [6, 6.07) is 8.79. The van der Waals surface area contributed by atoms with Crippen LogP contribution < -0.4 is 19.5 Å². The van der Waals surface area contributed by atoms with E-state index in [0.717, 1.165) is 0 Å². The van der Waals surface area contributed by atoms with Crippen molar-refractivity contribution in [3.63, 3.8) is 0 Å². The molecule has 9 heteroatoms. The molecule has 0 radical (unpaired) electrons. The van der Waals surface area contributed by atoms with Gasteiger partial charge in [0.05, 0.1) is 56.3 Å². The first-order valence-electron chi connectivity index (χ1n) is 10.1. The molecule has 2 heterocycles. The molecule has 1 aromatic heterocycles. The third-order valence-electron chi connectivity index (χ3n) is 5.73. The maximum absolute atomic E-state index is 13.2. The second-order valence-corrected chi connectivity index (χ2v) is 7.85. The van der Waals surface area contributed by atoms with Crippen LogP contribution in [0.15, 0.2) is 30.3 Å². The van der Waals surface area contributed by atoms with Crippen LogP contribution in [0.25, 0.3) is 11.3 Å². The number of ether oxygens (including phenoxy) is 4. The third kappa shape index (κ3) is 3.56. The number of hydrogen-bond acceptors (Lipinski definition) is 6. The van der Waals surface area contributed by atoms with Gasteiger partial charge < -0.3 is 29.2 Å². The van der Waals surface area contributed by atoms with Gasteiger partial charge in [0.25, 0.3) is 0 Å². The minimum absolute atomic E-state index is 0.286. The van der Waals surface area contributed by atoms with Crippen LogP contribution in [0, 0.1) is 6.92 Å². The Morgan fingerprint density at radius 3 is 2.27 bits per heavy atom. The van der Waals surface area contributed by atoms with Gasteiger partial charge in [0.15, 0.2) is 11.5 Å². The smallest absolute Gasteiger partial charge is 0.340 e. The Labute approximate surface area is 195 Å². The summed E-state index contributed by atoms with van der Waals surface area (Å²) >= 11 is 6.33. The van der Waals surface area contributed by atoms with E-state index >= 15 is 0 Å². The number of benzene rings is 2. The fourth-order valence-electron chi connectivity index (χ4n) is 4.29. The molecular weight excluding hydrogens is 448 g/mol. The van der Waals surface area contributed by atoms with E-state index in [1.54, 1.807) is 31.2 Å². The highest BCUT2D eigenvalue weighted by Crippen LogP contribution is 2.48. The average Bonchev–Trinajstić information content (AvgIpc) is 3.33. The second-order valence-electron chi connectivity index (χ2n) is 7.45. The van der Waals surface area contributed by atoms with Crippen molar-refractivity contribution in [2.45, 2.75) is 12.8 Å². The van der Waals surface area contributed by atoms with Crippen LogP contribution in [-0.4, -0.2) is 45.3 Å². The van der Waals surface area contributed by atoms with Crippen molar-refractivity contribution in [1.29, 1.82) is 0 Å². The summed E-state index contributed by atoms with van der Waals surface area (Å²) in [6.07, 6.45) is 0. The lowest BCUT2D eigenvalue weighted by Crippen LogP contribution is -2.17. The molecule has 0 bridgehead atoms. The molecule has 1 amide bonds. The van der Waals surface area contributed by atoms with Gasteiger partial charge in [0.2, 0.25) is 11.7 Å². The van der Waals surface area contributed by atoms with Gasteiger partial charge in [-0.25, -0.2) is 4.79 Å². The first-order chi connectivity index (χ1) is 15.9. The predicted molar refractivity (Wildman–Crippen MR) is 124 cm³/mol. The van der Waals surface area contributed by atoms with Gasteiger partial charge >= 0.3 is 5.97 Å². The number of para-hydroxylation sites is 1. The first-order valence-corrected chi connectivity index (χ1v) is 10.4. The van der Waals surface area contributed by atoms with Crippen molar-refractivity contribution < 1.29 is 28.5 Å². The monoisotopic (exact) mass is 470 g/mol. The number of halogens is 1. The molecule has 1 atom stereocenters. The number of carbonyl (C=O) groups is 2. The highest BCUT2D eigenvalue weighted by Gasteiger charge is 2.39. The largest absolute Gasteiger partial charge is 0.493 e. The zero-order chi connectivity index (χ0) is 23.9. The summed E-state index contributed by atoms with van der Waals surface area (Å²) in [5, 5.41) is 3.26. The summed E-state index contributed by atoms with van der Waals surface area (Å²) in [5.41, 5.74) is 3.72. The number of aromatic nitrogens is 1. The highest BCUT2D eigenvalue weighted by atomic mass is 35.5. The Bertz CT molecular complexity index is 1240. The Kier molecular flexibility index (Phi) is 5.95. The van der Waals surface area contributed by atoms with E-state index in [1.807, 2.05) is 6.07 Å². The molecule has 0 unspecified atom stereocenters. The average molecular weight is 471 g/mol. The van der Waals surface area contributed by atoms with Crippen LogP contribution in [0.2, 0.25) is 5.02 Å². The lowest BCUT2D eigenvalue weighted by atomic mass is 9.87. The summed E-state index contributed by atoms with van der Waals surface area (Å²) in [6.45, 7) is 1.75. The molecule has 2 N–H and O–H groups in total. The maximum Gasteiger partial charge on any atom is 0.340 e. The van der Waals surface area contributed by atoms with Crippen LogP contribution >= 0.6 is 11.6 Å². The molecule has 0 spiro atoms. The number of aryl methyl sites for hydroxylation is 1. The molecule has 1 aliphatic rings. The molecule has 8 nitrogen and oxygen atoms in total. The minimum Gasteiger partial charge on any atom is -0.493 e. The number of aromatic amines is 1. The molecule has 0 fully saturated rings. The highest BCUT2D eigenvalue weighted by molar-refractivity contribution is 6.34. The number of fused-ring (bicyclic) bond motifs is 1. The van der Waals surface area contributed by atoms with E-state index in [1.165, 1.54) is 28.4 Å². The standard InChI is InChI=1S/C24H23ClN2O6/c1-11-17(24(29)33-5)19(18-13-7-6-8-14(25)21(13)27-23(18)28)20(26-11)12-9-15(30-2)22(32-4)16(10-12)31-3/h6-10,18,26H,1-5H3,(H,27,28)/t18-/m1/s1. The molecule has 3 aromatic rings. The number of hydrogen-bond donors (Lipinski definition) is 2. The van der Waals surface area contributed by atoms with Gasteiger partial charge in [0, 0.05) is 16.8 Å². The fourth-order valence-corrected chi connectivity index (χ4v) is 4.52. The topological polar surface area (TPSA) is 98.9 Å². The lowest BCUT2D eigenvalue weighted by Gasteiger charge is -2.16. The van der Waals surface area contributed by atoms with Crippen molar-refractivity contribution in [2.75, 3.05) is 33.8 Å². The Morgan fingerprint density at radius 1 is 1.03 bits per heavy atom. The van der Waals surface area contributed by atoms with E-state index in [0.29, 0.717) is 56.0 Å². The fraction of sp³-hybridized carbons (Fsp3) is 0.250. The molecule has 172 valence electrons. The van der Waals surface area contributed by atoms with Crippen LogP contribution in [0.1, 0.15) is 33.1 Å². The van der Waals surface area contributed by atoms with Gasteiger partial charge in [-0.05, 0) is 30.7 Å². The van der Waals surface area contributed by atoms with Crippen LogP contribution in [0.5, 0.6) is 17.2 Å². The molecule has 0 saturated carbocycles. The van der Waals surface area contributed by atoms with E-state index in [4.69, 9.17) is 30.5 Å². The molecule has 0 saturated heterocycles. The van der Waals surface area contributed by atoms with Gasteiger partial charge in [-0.15, -0.1) is 0 Å². The van der Waals surface area contributed by atoms with Crippen molar-refractivity contribution in [1.82, 2.24) is 4.98 Å². The van der Waals surface area contributed by atoms with Crippen LogP contribution in [0.3, 0.4) is 0 Å². The van der Waals surface area contributed by atoms with Gasteiger partial charge in [-0.1, -0.05) is 23.7 Å².